The topological polar surface area (TPSA) is 46.9 Å². The molecular formula is C9H17N3OS. The molecule has 0 amide bonds. The van der Waals surface area contributed by atoms with Gasteiger partial charge in [0, 0.05) is 47.8 Å². The first-order valence-electron chi connectivity index (χ1n) is 4.68. The molecule has 1 aromatic heterocycles. The van der Waals surface area contributed by atoms with Crippen molar-refractivity contribution in [1.29, 1.82) is 0 Å². The lowest BCUT2D eigenvalue weighted by atomic mass is 10.4. The molecule has 1 atom stereocenters. The zero-order valence-corrected chi connectivity index (χ0v) is 9.67. The zero-order chi connectivity index (χ0) is 10.6. The highest BCUT2D eigenvalue weighted by atomic mass is 32.2. The van der Waals surface area contributed by atoms with Crippen LogP contribution in [-0.2, 0) is 10.8 Å². The van der Waals surface area contributed by atoms with E-state index in [1.807, 2.05) is 6.20 Å². The minimum Gasteiger partial charge on any atom is -0.355 e. The first-order valence-corrected chi connectivity index (χ1v) is 6.40. The number of rotatable bonds is 5. The molecule has 1 aromatic rings. The van der Waals surface area contributed by atoms with Gasteiger partial charge in [-0.05, 0) is 13.8 Å². The average molecular weight is 215 g/mol. The fourth-order valence-corrected chi connectivity index (χ4v) is 1.56. The predicted molar refractivity (Wildman–Crippen MR) is 60.0 cm³/mol. The molecule has 0 aromatic carbocycles. The van der Waals surface area contributed by atoms with Crippen molar-refractivity contribution in [3.63, 3.8) is 0 Å². The quantitative estimate of drug-likeness (QED) is 0.804. The van der Waals surface area contributed by atoms with Crippen LogP contribution in [0.5, 0.6) is 0 Å². The van der Waals surface area contributed by atoms with E-state index in [4.69, 9.17) is 0 Å². The van der Waals surface area contributed by atoms with Crippen molar-refractivity contribution >= 4 is 16.7 Å². The molecule has 1 N–H and O–H groups in total. The van der Waals surface area contributed by atoms with Gasteiger partial charge in [-0.25, -0.2) is 4.98 Å². The molecule has 80 valence electrons. The molecule has 14 heavy (non-hydrogen) atoms. The molecule has 0 spiro atoms. The fraction of sp³-hybridized carbons (Fsp3) is 0.667. The van der Waals surface area contributed by atoms with Gasteiger partial charge in [-0.3, -0.25) is 4.21 Å². The summed E-state index contributed by atoms with van der Waals surface area (Å²) in [5.41, 5.74) is 0. The highest BCUT2D eigenvalue weighted by Gasteiger charge is 2.04. The van der Waals surface area contributed by atoms with Crippen molar-refractivity contribution in [2.24, 2.45) is 0 Å². The number of hydrogen-bond acceptors (Lipinski definition) is 3. The molecule has 0 bridgehead atoms. The van der Waals surface area contributed by atoms with Crippen LogP contribution in [0.4, 0.5) is 5.95 Å². The Balaban J connectivity index is 2.50. The summed E-state index contributed by atoms with van der Waals surface area (Å²) in [5.74, 6) is 1.51. The third-order valence-electron chi connectivity index (χ3n) is 1.90. The highest BCUT2D eigenvalue weighted by molar-refractivity contribution is 7.84. The van der Waals surface area contributed by atoms with Crippen molar-refractivity contribution in [3.8, 4) is 0 Å². The molecule has 0 fully saturated rings. The van der Waals surface area contributed by atoms with Crippen LogP contribution in [0, 0.1) is 0 Å². The summed E-state index contributed by atoms with van der Waals surface area (Å²) >= 11 is 0. The van der Waals surface area contributed by atoms with E-state index < -0.39 is 10.8 Å². The molecule has 0 radical (unpaired) electrons. The van der Waals surface area contributed by atoms with Crippen LogP contribution in [-0.4, -0.2) is 32.3 Å². The summed E-state index contributed by atoms with van der Waals surface area (Å²) < 4.78 is 12.9. The van der Waals surface area contributed by atoms with E-state index in [1.54, 1.807) is 12.5 Å². The van der Waals surface area contributed by atoms with E-state index in [-0.39, 0.29) is 0 Å². The van der Waals surface area contributed by atoms with Crippen LogP contribution >= 0.6 is 0 Å². The molecule has 1 unspecified atom stereocenters. The van der Waals surface area contributed by atoms with Crippen molar-refractivity contribution in [3.05, 3.63) is 12.4 Å². The summed E-state index contributed by atoms with van der Waals surface area (Å²) in [6.45, 7) is 4.91. The fourth-order valence-electron chi connectivity index (χ4n) is 1.17. The Morgan fingerprint density at radius 1 is 1.64 bits per heavy atom. The maximum atomic E-state index is 10.8. The lowest BCUT2D eigenvalue weighted by molar-refractivity contribution is 0.605. The maximum Gasteiger partial charge on any atom is 0.203 e. The predicted octanol–water partition coefficient (Wildman–Crippen LogP) is 1.25. The summed E-state index contributed by atoms with van der Waals surface area (Å²) in [7, 11) is -0.744. The van der Waals surface area contributed by atoms with Crippen LogP contribution in [0.15, 0.2) is 12.4 Å². The normalized spacial score (nSPS) is 13.1. The van der Waals surface area contributed by atoms with Gasteiger partial charge in [0.25, 0.3) is 0 Å². The molecule has 5 heteroatoms. The van der Waals surface area contributed by atoms with E-state index in [0.29, 0.717) is 18.3 Å². The van der Waals surface area contributed by atoms with Gasteiger partial charge >= 0.3 is 0 Å². The standard InChI is InChI=1S/C9H17N3OS/c1-8(2)12-6-4-10-9(12)11-5-7-14(3)13/h4,6,8H,5,7H2,1-3H3,(H,10,11). The van der Waals surface area contributed by atoms with E-state index in [0.717, 1.165) is 5.95 Å². The Hall–Kier alpha value is -0.840. The first kappa shape index (κ1) is 11.2. The third kappa shape index (κ3) is 3.14. The Labute approximate surface area is 87.2 Å². The van der Waals surface area contributed by atoms with Gasteiger partial charge in [-0.1, -0.05) is 0 Å². The Bertz CT molecular complexity index is 309. The molecule has 0 aliphatic heterocycles. The van der Waals surface area contributed by atoms with Gasteiger partial charge in [-0.15, -0.1) is 0 Å². The Morgan fingerprint density at radius 2 is 2.36 bits per heavy atom. The first-order chi connectivity index (χ1) is 6.61. The second-order valence-electron chi connectivity index (χ2n) is 3.46. The van der Waals surface area contributed by atoms with Crippen LogP contribution in [0.1, 0.15) is 19.9 Å². The van der Waals surface area contributed by atoms with Gasteiger partial charge < -0.3 is 9.88 Å². The zero-order valence-electron chi connectivity index (χ0n) is 8.86. The van der Waals surface area contributed by atoms with Crippen molar-refractivity contribution in [2.45, 2.75) is 19.9 Å². The molecular weight excluding hydrogens is 198 g/mol. The van der Waals surface area contributed by atoms with E-state index in [2.05, 4.69) is 28.7 Å². The molecule has 0 aliphatic rings. The average Bonchev–Trinajstić information content (AvgIpc) is 2.51. The molecule has 1 heterocycles. The van der Waals surface area contributed by atoms with Crippen LogP contribution in [0.3, 0.4) is 0 Å². The molecule has 4 nitrogen and oxygen atoms in total. The number of hydrogen-bond donors (Lipinski definition) is 1. The van der Waals surface area contributed by atoms with Crippen molar-refractivity contribution in [2.75, 3.05) is 23.9 Å². The number of nitrogens with one attached hydrogen (secondary N) is 1. The summed E-state index contributed by atoms with van der Waals surface area (Å²) in [6.07, 6.45) is 5.41. The van der Waals surface area contributed by atoms with E-state index >= 15 is 0 Å². The minimum absolute atomic E-state index is 0.395. The Morgan fingerprint density at radius 3 is 2.93 bits per heavy atom. The van der Waals surface area contributed by atoms with E-state index in [9.17, 15) is 4.21 Å². The Kier molecular flexibility index (Phi) is 4.13. The van der Waals surface area contributed by atoms with Crippen LogP contribution < -0.4 is 5.32 Å². The minimum atomic E-state index is -0.744. The molecule has 0 saturated heterocycles. The lowest BCUT2D eigenvalue weighted by Gasteiger charge is -2.12. The van der Waals surface area contributed by atoms with Gasteiger partial charge in [0.1, 0.15) is 0 Å². The molecule has 0 saturated carbocycles. The SMILES string of the molecule is CC(C)n1ccnc1NCCS(C)=O. The van der Waals surface area contributed by atoms with E-state index in [1.165, 1.54) is 0 Å². The number of aromatic nitrogens is 2. The molecule has 0 aliphatic carbocycles. The highest BCUT2D eigenvalue weighted by Crippen LogP contribution is 2.11. The van der Waals surface area contributed by atoms with Gasteiger partial charge in [0.2, 0.25) is 5.95 Å². The smallest absolute Gasteiger partial charge is 0.203 e. The molecule has 1 rings (SSSR count). The summed E-state index contributed by atoms with van der Waals surface area (Å²) in [4.78, 5) is 4.19. The van der Waals surface area contributed by atoms with Gasteiger partial charge in [-0.2, -0.15) is 0 Å². The lowest BCUT2D eigenvalue weighted by Crippen LogP contribution is -2.14. The van der Waals surface area contributed by atoms with Crippen LogP contribution in [0.2, 0.25) is 0 Å². The van der Waals surface area contributed by atoms with Crippen molar-refractivity contribution in [1.82, 2.24) is 9.55 Å². The number of nitrogens with zero attached hydrogens (tertiary/aromatic N) is 2. The summed E-state index contributed by atoms with van der Waals surface area (Å²) in [5, 5.41) is 3.16. The van der Waals surface area contributed by atoms with Crippen molar-refractivity contribution < 1.29 is 4.21 Å². The second-order valence-corrected chi connectivity index (χ2v) is 5.01. The largest absolute Gasteiger partial charge is 0.355 e. The van der Waals surface area contributed by atoms with Gasteiger partial charge in [0.05, 0.1) is 0 Å². The monoisotopic (exact) mass is 215 g/mol. The van der Waals surface area contributed by atoms with Crippen LogP contribution in [0.25, 0.3) is 0 Å². The summed E-state index contributed by atoms with van der Waals surface area (Å²) in [6, 6.07) is 0.395. The third-order valence-corrected chi connectivity index (χ3v) is 2.68. The number of imidazole rings is 1. The second kappa shape index (κ2) is 5.14. The number of anilines is 1. The van der Waals surface area contributed by atoms with Gasteiger partial charge in [0.15, 0.2) is 0 Å². The maximum absolute atomic E-state index is 10.8.